The molecule has 8 heteroatoms. The first kappa shape index (κ1) is 23.2. The predicted molar refractivity (Wildman–Crippen MR) is 147 cm³/mol. The van der Waals surface area contributed by atoms with Crippen molar-refractivity contribution in [1.29, 1.82) is 0 Å². The summed E-state index contributed by atoms with van der Waals surface area (Å²) >= 11 is 0. The van der Waals surface area contributed by atoms with Gasteiger partial charge in [0.1, 0.15) is 18.7 Å². The SMILES string of the molecule is Cc1cccc(C)c1OCc1nc2c3c(ncn2n1)Oc1c(c(C)nn1-c1ccccc1)[C@@H]3c1ccccc1. The van der Waals surface area contributed by atoms with Crippen molar-refractivity contribution >= 4 is 5.65 Å². The number of aryl methyl sites for hydroxylation is 3. The number of hydrogen-bond acceptors (Lipinski definition) is 6. The van der Waals surface area contributed by atoms with E-state index in [4.69, 9.17) is 24.7 Å². The number of fused-ring (bicyclic) bond motifs is 4. The van der Waals surface area contributed by atoms with Crippen LogP contribution in [0.4, 0.5) is 0 Å². The molecular weight excluding hydrogens is 488 g/mol. The Balaban J connectivity index is 1.36. The van der Waals surface area contributed by atoms with Crippen molar-refractivity contribution in [3.8, 4) is 23.2 Å². The van der Waals surface area contributed by atoms with Gasteiger partial charge in [-0.2, -0.15) is 5.10 Å². The number of para-hydroxylation sites is 2. The molecule has 3 aromatic carbocycles. The molecule has 0 saturated carbocycles. The molecule has 0 radical (unpaired) electrons. The van der Waals surface area contributed by atoms with Crippen LogP contribution in [0.2, 0.25) is 0 Å². The molecule has 192 valence electrons. The molecule has 0 saturated heterocycles. The Hall–Kier alpha value is -4.98. The average molecular weight is 515 g/mol. The smallest absolute Gasteiger partial charge is 0.230 e. The van der Waals surface area contributed by atoms with Gasteiger partial charge in [-0.1, -0.05) is 66.7 Å². The summed E-state index contributed by atoms with van der Waals surface area (Å²) in [5.74, 6) is 2.40. The van der Waals surface area contributed by atoms with Crippen LogP contribution < -0.4 is 9.47 Å². The molecule has 0 unspecified atom stereocenters. The Kier molecular flexibility index (Phi) is 5.40. The van der Waals surface area contributed by atoms with Gasteiger partial charge in [0.2, 0.25) is 11.8 Å². The summed E-state index contributed by atoms with van der Waals surface area (Å²) in [6.45, 7) is 6.34. The number of hydrogen-bond donors (Lipinski definition) is 0. The Labute approximate surface area is 225 Å². The van der Waals surface area contributed by atoms with Crippen LogP contribution in [0.25, 0.3) is 11.3 Å². The quantitative estimate of drug-likeness (QED) is 0.276. The van der Waals surface area contributed by atoms with Crippen molar-refractivity contribution in [2.24, 2.45) is 0 Å². The van der Waals surface area contributed by atoms with Gasteiger partial charge in [0.25, 0.3) is 0 Å². The van der Waals surface area contributed by atoms with E-state index in [-0.39, 0.29) is 12.5 Å². The largest absolute Gasteiger partial charge is 0.485 e. The molecule has 0 fully saturated rings. The highest BCUT2D eigenvalue weighted by Crippen LogP contribution is 2.49. The zero-order valence-electron chi connectivity index (χ0n) is 21.9. The standard InChI is InChI=1S/C31H26N6O2/c1-19-11-10-12-20(2)28(19)38-17-24-33-29-27-26(22-13-6-4-7-14-22)25-21(3)34-37(23-15-8-5-9-16-23)31(25)39-30(27)32-18-36(29)35-24/h4-16,18,26H,17H2,1-3H3/t26-/m0/s1. The fourth-order valence-corrected chi connectivity index (χ4v) is 5.37. The Morgan fingerprint density at radius 2 is 1.54 bits per heavy atom. The van der Waals surface area contributed by atoms with Crippen LogP contribution in [-0.2, 0) is 6.61 Å². The third-order valence-corrected chi connectivity index (χ3v) is 7.15. The molecule has 0 spiro atoms. The van der Waals surface area contributed by atoms with Gasteiger partial charge < -0.3 is 9.47 Å². The normalized spacial score (nSPS) is 14.1. The van der Waals surface area contributed by atoms with Crippen LogP contribution in [0, 0.1) is 20.8 Å². The van der Waals surface area contributed by atoms with Crippen molar-refractivity contribution in [3.63, 3.8) is 0 Å². The summed E-state index contributed by atoms with van der Waals surface area (Å²) in [7, 11) is 0. The Bertz CT molecular complexity index is 1810. The second-order valence-corrected chi connectivity index (χ2v) is 9.77. The van der Waals surface area contributed by atoms with Crippen LogP contribution in [0.15, 0.2) is 85.2 Å². The van der Waals surface area contributed by atoms with Gasteiger partial charge >= 0.3 is 0 Å². The van der Waals surface area contributed by atoms with Crippen LogP contribution in [-0.4, -0.2) is 29.4 Å². The van der Waals surface area contributed by atoms with E-state index >= 15 is 0 Å². The Morgan fingerprint density at radius 3 is 2.28 bits per heavy atom. The van der Waals surface area contributed by atoms with Crippen molar-refractivity contribution in [2.45, 2.75) is 33.3 Å². The van der Waals surface area contributed by atoms with Crippen molar-refractivity contribution in [2.75, 3.05) is 0 Å². The van der Waals surface area contributed by atoms with E-state index in [0.717, 1.165) is 44.9 Å². The lowest BCUT2D eigenvalue weighted by molar-refractivity contribution is 0.292. The van der Waals surface area contributed by atoms with E-state index < -0.39 is 0 Å². The molecule has 1 aliphatic heterocycles. The summed E-state index contributed by atoms with van der Waals surface area (Å²) in [6, 6.07) is 26.4. The molecule has 8 nitrogen and oxygen atoms in total. The summed E-state index contributed by atoms with van der Waals surface area (Å²) in [6.07, 6.45) is 1.65. The van der Waals surface area contributed by atoms with Gasteiger partial charge in [-0.05, 0) is 49.6 Å². The van der Waals surface area contributed by atoms with E-state index in [1.807, 2.05) is 92.2 Å². The molecule has 3 aromatic heterocycles. The number of aromatic nitrogens is 6. The maximum absolute atomic E-state index is 6.49. The zero-order chi connectivity index (χ0) is 26.5. The van der Waals surface area contributed by atoms with Gasteiger partial charge in [-0.3, -0.25) is 0 Å². The molecule has 0 amide bonds. The second kappa shape index (κ2) is 9.09. The Morgan fingerprint density at radius 1 is 0.821 bits per heavy atom. The summed E-state index contributed by atoms with van der Waals surface area (Å²) < 4.78 is 16.2. The minimum absolute atomic E-state index is 0.185. The lowest BCUT2D eigenvalue weighted by atomic mass is 9.84. The fourth-order valence-electron chi connectivity index (χ4n) is 5.37. The molecular formula is C31H26N6O2. The molecule has 1 atom stereocenters. The lowest BCUT2D eigenvalue weighted by Gasteiger charge is -2.26. The highest BCUT2D eigenvalue weighted by molar-refractivity contribution is 5.66. The minimum Gasteiger partial charge on any atom is -0.485 e. The predicted octanol–water partition coefficient (Wildman–Crippen LogP) is 6.10. The molecule has 0 bridgehead atoms. The van der Waals surface area contributed by atoms with Gasteiger partial charge in [-0.25, -0.2) is 19.2 Å². The molecule has 39 heavy (non-hydrogen) atoms. The van der Waals surface area contributed by atoms with Gasteiger partial charge in [0.05, 0.1) is 28.4 Å². The third kappa shape index (κ3) is 3.84. The van der Waals surface area contributed by atoms with Crippen molar-refractivity contribution < 1.29 is 9.47 Å². The third-order valence-electron chi connectivity index (χ3n) is 7.15. The van der Waals surface area contributed by atoms with Crippen LogP contribution in [0.5, 0.6) is 17.5 Å². The molecule has 4 heterocycles. The summed E-state index contributed by atoms with van der Waals surface area (Å²) in [5, 5.41) is 9.58. The maximum atomic E-state index is 6.49. The van der Waals surface area contributed by atoms with Crippen LogP contribution >= 0.6 is 0 Å². The summed E-state index contributed by atoms with van der Waals surface area (Å²) in [5.41, 5.74) is 7.60. The van der Waals surface area contributed by atoms with Gasteiger partial charge in [-0.15, -0.1) is 5.10 Å². The van der Waals surface area contributed by atoms with Crippen LogP contribution in [0.3, 0.4) is 0 Å². The zero-order valence-corrected chi connectivity index (χ0v) is 21.9. The number of ether oxygens (including phenoxy) is 2. The fraction of sp³-hybridized carbons (Fsp3) is 0.161. The second-order valence-electron chi connectivity index (χ2n) is 9.77. The van der Waals surface area contributed by atoms with E-state index in [0.29, 0.717) is 23.2 Å². The van der Waals surface area contributed by atoms with Crippen molar-refractivity contribution in [1.82, 2.24) is 29.4 Å². The maximum Gasteiger partial charge on any atom is 0.230 e. The number of benzene rings is 3. The first-order valence-electron chi connectivity index (χ1n) is 12.9. The molecule has 0 aliphatic carbocycles. The number of rotatable bonds is 5. The molecule has 0 N–H and O–H groups in total. The topological polar surface area (TPSA) is 79.4 Å². The van der Waals surface area contributed by atoms with Gasteiger partial charge in [0, 0.05) is 0 Å². The highest BCUT2D eigenvalue weighted by Gasteiger charge is 2.38. The average Bonchev–Trinajstić information content (AvgIpc) is 3.53. The van der Waals surface area contributed by atoms with E-state index in [1.165, 1.54) is 0 Å². The van der Waals surface area contributed by atoms with Gasteiger partial charge in [0.15, 0.2) is 11.5 Å². The number of nitrogens with zero attached hydrogens (tertiary/aromatic N) is 6. The molecule has 7 rings (SSSR count). The first-order chi connectivity index (χ1) is 19.1. The molecule has 6 aromatic rings. The van der Waals surface area contributed by atoms with E-state index in [1.54, 1.807) is 10.8 Å². The van der Waals surface area contributed by atoms with Crippen LogP contribution in [0.1, 0.15) is 45.3 Å². The minimum atomic E-state index is -0.185. The van der Waals surface area contributed by atoms with Crippen molar-refractivity contribution in [3.05, 3.63) is 125 Å². The van der Waals surface area contributed by atoms with E-state index in [2.05, 4.69) is 17.1 Å². The highest BCUT2D eigenvalue weighted by atomic mass is 16.5. The summed E-state index contributed by atoms with van der Waals surface area (Å²) in [4.78, 5) is 9.61. The van der Waals surface area contributed by atoms with E-state index in [9.17, 15) is 0 Å². The monoisotopic (exact) mass is 514 g/mol. The first-order valence-corrected chi connectivity index (χ1v) is 12.9. The molecule has 1 aliphatic rings. The lowest BCUT2D eigenvalue weighted by Crippen LogP contribution is -2.16.